The number of nitrogens with one attached hydrogen (secondary N) is 1. The van der Waals surface area contributed by atoms with Crippen molar-refractivity contribution < 1.29 is 33.0 Å². The van der Waals surface area contributed by atoms with E-state index in [1.165, 1.54) is 13.4 Å². The summed E-state index contributed by atoms with van der Waals surface area (Å²) in [6, 6.07) is 8.68. The fourth-order valence-corrected chi connectivity index (χ4v) is 4.60. The summed E-state index contributed by atoms with van der Waals surface area (Å²) in [5.41, 5.74) is 1.56. The van der Waals surface area contributed by atoms with E-state index in [-0.39, 0.29) is 31.1 Å². The molecule has 4 rings (SSSR count). The van der Waals surface area contributed by atoms with Crippen LogP contribution in [0.3, 0.4) is 0 Å². The van der Waals surface area contributed by atoms with Crippen LogP contribution in [0, 0.1) is 5.92 Å². The van der Waals surface area contributed by atoms with E-state index in [2.05, 4.69) is 5.32 Å². The van der Waals surface area contributed by atoms with Gasteiger partial charge in [-0.1, -0.05) is 0 Å². The van der Waals surface area contributed by atoms with E-state index in [0.29, 0.717) is 34.1 Å². The van der Waals surface area contributed by atoms with Gasteiger partial charge < -0.3 is 23.9 Å². The van der Waals surface area contributed by atoms with Crippen molar-refractivity contribution >= 4 is 17.7 Å². The first-order valence-corrected chi connectivity index (χ1v) is 10.5. The molecule has 168 valence electrons. The third-order valence-electron chi connectivity index (χ3n) is 5.99. The molecule has 0 saturated heterocycles. The van der Waals surface area contributed by atoms with E-state index >= 15 is 0 Å². The maximum atomic E-state index is 13.8. The van der Waals surface area contributed by atoms with Crippen molar-refractivity contribution in [2.45, 2.75) is 31.6 Å². The molecular formula is C24H25NO7. The van der Waals surface area contributed by atoms with Gasteiger partial charge in [0.25, 0.3) is 0 Å². The summed E-state index contributed by atoms with van der Waals surface area (Å²) in [5, 5.41) is 2.85. The number of hydrogen-bond acceptors (Lipinski definition) is 7. The molecule has 0 radical (unpaired) electrons. The Balaban J connectivity index is 1.85. The number of amides is 1. The number of ether oxygens (including phenoxy) is 3. The first kappa shape index (κ1) is 21.7. The first-order valence-electron chi connectivity index (χ1n) is 10.5. The second-order valence-corrected chi connectivity index (χ2v) is 7.73. The lowest BCUT2D eigenvalue weighted by atomic mass is 9.69. The molecule has 1 aliphatic heterocycles. The summed E-state index contributed by atoms with van der Waals surface area (Å²) < 4.78 is 21.6. The summed E-state index contributed by atoms with van der Waals surface area (Å²) in [6.45, 7) is 1.85. The van der Waals surface area contributed by atoms with Crippen molar-refractivity contribution in [3.63, 3.8) is 0 Å². The number of methoxy groups -OCH3 is 2. The lowest BCUT2D eigenvalue weighted by molar-refractivity contribution is -0.152. The number of furan rings is 1. The van der Waals surface area contributed by atoms with Crippen LogP contribution in [0.25, 0.3) is 0 Å². The summed E-state index contributed by atoms with van der Waals surface area (Å²) >= 11 is 0. The number of carbonyl (C=O) groups is 3. The van der Waals surface area contributed by atoms with Gasteiger partial charge in [-0.25, -0.2) is 0 Å². The minimum absolute atomic E-state index is 0.0507. The Morgan fingerprint density at radius 2 is 1.97 bits per heavy atom. The minimum atomic E-state index is -1.06. The average Bonchev–Trinajstić information content (AvgIpc) is 3.32. The number of esters is 1. The second kappa shape index (κ2) is 8.90. The van der Waals surface area contributed by atoms with Crippen LogP contribution in [0.1, 0.15) is 42.9 Å². The van der Waals surface area contributed by atoms with Crippen LogP contribution >= 0.6 is 0 Å². The molecule has 2 aromatic rings. The normalized spacial score (nSPS) is 22.8. The van der Waals surface area contributed by atoms with E-state index in [1.54, 1.807) is 44.4 Å². The Labute approximate surface area is 185 Å². The van der Waals surface area contributed by atoms with Crippen molar-refractivity contribution in [2.75, 3.05) is 20.8 Å². The van der Waals surface area contributed by atoms with Crippen molar-refractivity contribution in [2.24, 2.45) is 5.92 Å². The highest BCUT2D eigenvalue weighted by molar-refractivity contribution is 6.12. The third-order valence-corrected chi connectivity index (χ3v) is 5.99. The number of ketones is 1. The second-order valence-electron chi connectivity index (χ2n) is 7.73. The molecule has 8 nitrogen and oxygen atoms in total. The summed E-state index contributed by atoms with van der Waals surface area (Å²) in [5.74, 6) is -1.78. The molecule has 0 saturated carbocycles. The molecule has 0 bridgehead atoms. The molecule has 3 atom stereocenters. The van der Waals surface area contributed by atoms with Crippen molar-refractivity contribution in [3.05, 3.63) is 59.2 Å². The summed E-state index contributed by atoms with van der Waals surface area (Å²) in [4.78, 5) is 39.3. The third kappa shape index (κ3) is 3.77. The zero-order valence-corrected chi connectivity index (χ0v) is 18.2. The van der Waals surface area contributed by atoms with Crippen LogP contribution in [0.2, 0.25) is 0 Å². The SMILES string of the molecule is CCOC(=O)[C@@H]1C(=O)C2=C(C[C@H]1c1ccco1)NC(=O)C[C@@H]2c1cc(OC)ccc1OC. The maximum absolute atomic E-state index is 13.8. The maximum Gasteiger partial charge on any atom is 0.317 e. The minimum Gasteiger partial charge on any atom is -0.497 e. The summed E-state index contributed by atoms with van der Waals surface area (Å²) in [7, 11) is 3.07. The highest BCUT2D eigenvalue weighted by Crippen LogP contribution is 2.47. The molecule has 1 aliphatic carbocycles. The lowest BCUT2D eigenvalue weighted by Crippen LogP contribution is -2.44. The number of Topliss-reactive ketones (excluding diaryl/α,β-unsaturated/α-hetero) is 1. The van der Waals surface area contributed by atoms with Crippen LogP contribution < -0.4 is 14.8 Å². The van der Waals surface area contributed by atoms with E-state index < -0.39 is 23.7 Å². The lowest BCUT2D eigenvalue weighted by Gasteiger charge is -2.37. The Morgan fingerprint density at radius 3 is 2.62 bits per heavy atom. The van der Waals surface area contributed by atoms with E-state index in [0.717, 1.165) is 0 Å². The zero-order chi connectivity index (χ0) is 22.8. The van der Waals surface area contributed by atoms with Crippen LogP contribution in [-0.2, 0) is 19.1 Å². The topological polar surface area (TPSA) is 104 Å². The fourth-order valence-electron chi connectivity index (χ4n) is 4.60. The molecule has 0 unspecified atom stereocenters. The molecule has 8 heteroatoms. The van der Waals surface area contributed by atoms with Crippen LogP contribution in [0.15, 0.2) is 52.3 Å². The molecule has 1 aromatic heterocycles. The van der Waals surface area contributed by atoms with Gasteiger partial charge in [-0.2, -0.15) is 0 Å². The number of rotatable bonds is 6. The van der Waals surface area contributed by atoms with Gasteiger partial charge in [-0.05, 0) is 43.7 Å². The van der Waals surface area contributed by atoms with Crippen LogP contribution in [-0.4, -0.2) is 38.5 Å². The van der Waals surface area contributed by atoms with E-state index in [9.17, 15) is 14.4 Å². The van der Waals surface area contributed by atoms with Gasteiger partial charge in [0, 0.05) is 35.1 Å². The van der Waals surface area contributed by atoms with Crippen LogP contribution in [0.4, 0.5) is 0 Å². The zero-order valence-electron chi connectivity index (χ0n) is 18.2. The van der Waals surface area contributed by atoms with Crippen LogP contribution in [0.5, 0.6) is 11.5 Å². The predicted octanol–water partition coefficient (Wildman–Crippen LogP) is 3.09. The highest BCUT2D eigenvalue weighted by Gasteiger charge is 2.49. The van der Waals surface area contributed by atoms with E-state index in [4.69, 9.17) is 18.6 Å². The Hall–Kier alpha value is -3.55. The predicted molar refractivity (Wildman–Crippen MR) is 113 cm³/mol. The van der Waals surface area contributed by atoms with E-state index in [1.807, 2.05) is 0 Å². The molecule has 0 spiro atoms. The smallest absolute Gasteiger partial charge is 0.317 e. The van der Waals surface area contributed by atoms with Gasteiger partial charge in [0.1, 0.15) is 23.2 Å². The molecular weight excluding hydrogens is 414 g/mol. The van der Waals surface area contributed by atoms with Gasteiger partial charge in [-0.3, -0.25) is 14.4 Å². The highest BCUT2D eigenvalue weighted by atomic mass is 16.5. The number of hydrogen-bond donors (Lipinski definition) is 1. The molecule has 1 amide bonds. The number of allylic oxidation sites excluding steroid dienone is 2. The Kier molecular flexibility index (Phi) is 6.03. The average molecular weight is 439 g/mol. The molecule has 2 aliphatic rings. The largest absolute Gasteiger partial charge is 0.497 e. The molecule has 2 heterocycles. The fraction of sp³-hybridized carbons (Fsp3) is 0.375. The Morgan fingerprint density at radius 1 is 1.16 bits per heavy atom. The number of carbonyl (C=O) groups excluding carboxylic acids is 3. The van der Waals surface area contributed by atoms with Crippen molar-refractivity contribution in [3.8, 4) is 11.5 Å². The van der Waals surface area contributed by atoms with Crippen molar-refractivity contribution in [1.82, 2.24) is 5.32 Å². The van der Waals surface area contributed by atoms with Gasteiger partial charge in [-0.15, -0.1) is 0 Å². The first-order chi connectivity index (χ1) is 15.5. The van der Waals surface area contributed by atoms with Gasteiger partial charge >= 0.3 is 5.97 Å². The van der Waals surface area contributed by atoms with Gasteiger partial charge in [0.2, 0.25) is 5.91 Å². The number of benzene rings is 1. The molecule has 1 N–H and O–H groups in total. The molecule has 1 aromatic carbocycles. The van der Waals surface area contributed by atoms with Gasteiger partial charge in [0.05, 0.1) is 27.1 Å². The van der Waals surface area contributed by atoms with Crippen molar-refractivity contribution in [1.29, 1.82) is 0 Å². The summed E-state index contributed by atoms with van der Waals surface area (Å²) in [6.07, 6.45) is 1.82. The molecule has 0 fully saturated rings. The Bertz CT molecular complexity index is 1070. The molecule has 32 heavy (non-hydrogen) atoms. The standard InChI is InChI=1S/C24H25NO7/c1-4-31-24(28)22-16(19-6-5-9-32-19)11-17-21(23(22)27)15(12-20(26)25-17)14-10-13(29-2)7-8-18(14)30-3/h5-10,15-16,22H,4,11-12H2,1-3H3,(H,25,26)/t15-,16+,22+/m1/s1. The monoisotopic (exact) mass is 439 g/mol. The van der Waals surface area contributed by atoms with Gasteiger partial charge in [0.15, 0.2) is 5.78 Å². The quantitative estimate of drug-likeness (QED) is 0.545.